The van der Waals surface area contributed by atoms with E-state index in [1.807, 2.05) is 0 Å². The van der Waals surface area contributed by atoms with Crippen molar-refractivity contribution < 1.29 is 17.9 Å². The van der Waals surface area contributed by atoms with Crippen LogP contribution in [0.25, 0.3) is 0 Å². The SMILES string of the molecule is C=CCCC(NS(=O)(=O)c1ccc(Cl)cc1)C(=O)OCC. The third-order valence-electron chi connectivity index (χ3n) is 2.65. The fraction of sp³-hybridized carbons (Fsp3) is 0.357. The van der Waals surface area contributed by atoms with Crippen LogP contribution in [0.4, 0.5) is 0 Å². The van der Waals surface area contributed by atoms with Crippen molar-refractivity contribution in [2.45, 2.75) is 30.7 Å². The molecule has 0 heterocycles. The highest BCUT2D eigenvalue weighted by atomic mass is 35.5. The lowest BCUT2D eigenvalue weighted by Gasteiger charge is -2.16. The molecule has 0 saturated carbocycles. The van der Waals surface area contributed by atoms with E-state index in [1.54, 1.807) is 13.0 Å². The number of esters is 1. The molecule has 1 N–H and O–H groups in total. The van der Waals surface area contributed by atoms with Gasteiger partial charge in [0.25, 0.3) is 0 Å². The first kappa shape index (κ1) is 17.7. The molecule has 7 heteroatoms. The van der Waals surface area contributed by atoms with E-state index in [9.17, 15) is 13.2 Å². The topological polar surface area (TPSA) is 72.5 Å². The van der Waals surface area contributed by atoms with Crippen molar-refractivity contribution in [2.75, 3.05) is 6.61 Å². The summed E-state index contributed by atoms with van der Waals surface area (Å²) in [5, 5.41) is 0.433. The van der Waals surface area contributed by atoms with Crippen LogP contribution in [0.3, 0.4) is 0 Å². The maximum atomic E-state index is 12.2. The van der Waals surface area contributed by atoms with Gasteiger partial charge in [0.15, 0.2) is 0 Å². The number of benzene rings is 1. The normalized spacial score (nSPS) is 12.7. The molecule has 5 nitrogen and oxygen atoms in total. The number of hydrogen-bond acceptors (Lipinski definition) is 4. The summed E-state index contributed by atoms with van der Waals surface area (Å²) < 4.78 is 31.7. The summed E-state index contributed by atoms with van der Waals surface area (Å²) >= 11 is 5.73. The Kier molecular flexibility index (Phi) is 6.87. The summed E-state index contributed by atoms with van der Waals surface area (Å²) in [6.07, 6.45) is 2.39. The largest absolute Gasteiger partial charge is 0.465 e. The standard InChI is InChI=1S/C14H18ClNO4S/c1-3-5-6-13(14(17)20-4-2)16-21(18,19)12-9-7-11(15)8-10-12/h3,7-10,13,16H,1,4-6H2,2H3. The molecule has 0 aromatic heterocycles. The lowest BCUT2D eigenvalue weighted by molar-refractivity contribution is -0.145. The van der Waals surface area contributed by atoms with Crippen LogP contribution in [-0.2, 0) is 19.6 Å². The van der Waals surface area contributed by atoms with Crippen LogP contribution >= 0.6 is 11.6 Å². The molecule has 1 aromatic rings. The fourth-order valence-corrected chi connectivity index (χ4v) is 2.97. The number of rotatable bonds is 8. The molecule has 1 unspecified atom stereocenters. The first-order valence-corrected chi connectivity index (χ1v) is 8.32. The smallest absolute Gasteiger partial charge is 0.324 e. The first-order chi connectivity index (χ1) is 9.90. The number of allylic oxidation sites excluding steroid dienone is 1. The molecule has 0 aliphatic carbocycles. The highest BCUT2D eigenvalue weighted by molar-refractivity contribution is 7.89. The lowest BCUT2D eigenvalue weighted by atomic mass is 10.2. The Hall–Kier alpha value is -1.37. The number of ether oxygens (including phenoxy) is 1. The molecule has 0 amide bonds. The second-order valence-corrected chi connectivity index (χ2v) is 6.40. The Morgan fingerprint density at radius 3 is 2.57 bits per heavy atom. The average Bonchev–Trinajstić information content (AvgIpc) is 2.44. The molecule has 0 spiro atoms. The summed E-state index contributed by atoms with van der Waals surface area (Å²) in [6.45, 7) is 5.41. The zero-order chi connectivity index (χ0) is 15.9. The van der Waals surface area contributed by atoms with Gasteiger partial charge in [-0.25, -0.2) is 8.42 Å². The van der Waals surface area contributed by atoms with Gasteiger partial charge >= 0.3 is 5.97 Å². The highest BCUT2D eigenvalue weighted by Crippen LogP contribution is 2.15. The van der Waals surface area contributed by atoms with Crippen LogP contribution in [-0.4, -0.2) is 27.0 Å². The molecule has 0 aliphatic rings. The number of hydrogen-bond donors (Lipinski definition) is 1. The van der Waals surface area contributed by atoms with Gasteiger partial charge in [0.2, 0.25) is 10.0 Å². The number of carbonyl (C=O) groups excluding carboxylic acids is 1. The van der Waals surface area contributed by atoms with Gasteiger partial charge in [0.05, 0.1) is 11.5 Å². The van der Waals surface area contributed by atoms with Gasteiger partial charge in [-0.1, -0.05) is 17.7 Å². The number of halogens is 1. The molecule has 116 valence electrons. The van der Waals surface area contributed by atoms with Gasteiger partial charge in [-0.15, -0.1) is 6.58 Å². The molecule has 1 aromatic carbocycles. The summed E-state index contributed by atoms with van der Waals surface area (Å²) in [7, 11) is -3.81. The molecule has 0 radical (unpaired) electrons. The molecule has 21 heavy (non-hydrogen) atoms. The Balaban J connectivity index is 2.92. The molecule has 0 saturated heterocycles. The van der Waals surface area contributed by atoms with E-state index in [2.05, 4.69) is 11.3 Å². The molecule has 1 atom stereocenters. The molecular formula is C14H18ClNO4S. The van der Waals surface area contributed by atoms with Crippen LogP contribution in [0.2, 0.25) is 5.02 Å². The number of nitrogens with one attached hydrogen (secondary N) is 1. The Labute approximate surface area is 130 Å². The fourth-order valence-electron chi connectivity index (χ4n) is 1.62. The zero-order valence-corrected chi connectivity index (χ0v) is 13.3. The second-order valence-electron chi connectivity index (χ2n) is 4.25. The predicted molar refractivity (Wildman–Crippen MR) is 81.6 cm³/mol. The molecular weight excluding hydrogens is 314 g/mol. The third kappa shape index (κ3) is 5.49. The highest BCUT2D eigenvalue weighted by Gasteiger charge is 2.26. The van der Waals surface area contributed by atoms with Crippen LogP contribution in [0, 0.1) is 0 Å². The average molecular weight is 332 g/mol. The van der Waals surface area contributed by atoms with Crippen LogP contribution < -0.4 is 4.72 Å². The van der Waals surface area contributed by atoms with Crippen LogP contribution in [0.5, 0.6) is 0 Å². The summed E-state index contributed by atoms with van der Waals surface area (Å²) in [5.41, 5.74) is 0. The summed E-state index contributed by atoms with van der Waals surface area (Å²) in [5.74, 6) is -0.600. The summed E-state index contributed by atoms with van der Waals surface area (Å²) in [4.78, 5) is 11.8. The molecule has 0 fully saturated rings. The minimum absolute atomic E-state index is 0.0415. The Morgan fingerprint density at radius 2 is 2.05 bits per heavy atom. The van der Waals surface area contributed by atoms with E-state index in [4.69, 9.17) is 16.3 Å². The third-order valence-corrected chi connectivity index (χ3v) is 4.39. The maximum Gasteiger partial charge on any atom is 0.324 e. The van der Waals surface area contributed by atoms with Crippen LogP contribution in [0.15, 0.2) is 41.8 Å². The van der Waals surface area contributed by atoms with E-state index >= 15 is 0 Å². The summed E-state index contributed by atoms with van der Waals surface area (Å²) in [6, 6.07) is 4.75. The van der Waals surface area contributed by atoms with Crippen molar-refractivity contribution in [1.29, 1.82) is 0 Å². The lowest BCUT2D eigenvalue weighted by Crippen LogP contribution is -2.41. The molecule has 1 rings (SSSR count). The quantitative estimate of drug-likeness (QED) is 0.587. The van der Waals surface area contributed by atoms with E-state index in [-0.39, 0.29) is 17.9 Å². The van der Waals surface area contributed by atoms with Gasteiger partial charge in [-0.2, -0.15) is 4.72 Å². The Morgan fingerprint density at radius 1 is 1.43 bits per heavy atom. The van der Waals surface area contributed by atoms with Gasteiger partial charge in [0, 0.05) is 5.02 Å². The van der Waals surface area contributed by atoms with E-state index in [1.165, 1.54) is 24.3 Å². The molecule has 0 bridgehead atoms. The van der Waals surface area contributed by atoms with Gasteiger partial charge in [-0.05, 0) is 44.0 Å². The van der Waals surface area contributed by atoms with Crippen molar-refractivity contribution in [3.63, 3.8) is 0 Å². The second kappa shape index (κ2) is 8.17. The monoisotopic (exact) mass is 331 g/mol. The van der Waals surface area contributed by atoms with E-state index < -0.39 is 22.0 Å². The van der Waals surface area contributed by atoms with Gasteiger partial charge in [-0.3, -0.25) is 4.79 Å². The van der Waals surface area contributed by atoms with E-state index in [0.717, 1.165) is 0 Å². The van der Waals surface area contributed by atoms with Crippen LogP contribution in [0.1, 0.15) is 19.8 Å². The minimum Gasteiger partial charge on any atom is -0.465 e. The Bertz CT molecular complexity index is 583. The minimum atomic E-state index is -3.81. The van der Waals surface area contributed by atoms with Crippen molar-refractivity contribution in [3.8, 4) is 0 Å². The van der Waals surface area contributed by atoms with Gasteiger partial charge < -0.3 is 4.74 Å². The predicted octanol–water partition coefficient (Wildman–Crippen LogP) is 2.52. The molecule has 0 aliphatic heterocycles. The maximum absolute atomic E-state index is 12.2. The first-order valence-electron chi connectivity index (χ1n) is 6.46. The number of sulfonamides is 1. The zero-order valence-electron chi connectivity index (χ0n) is 11.7. The van der Waals surface area contributed by atoms with Crippen molar-refractivity contribution >= 4 is 27.6 Å². The van der Waals surface area contributed by atoms with Gasteiger partial charge in [0.1, 0.15) is 6.04 Å². The van der Waals surface area contributed by atoms with Crippen molar-refractivity contribution in [2.24, 2.45) is 0 Å². The van der Waals surface area contributed by atoms with E-state index in [0.29, 0.717) is 11.4 Å². The number of carbonyl (C=O) groups is 1. The van der Waals surface area contributed by atoms with Crippen molar-refractivity contribution in [1.82, 2.24) is 4.72 Å². The van der Waals surface area contributed by atoms with Crippen molar-refractivity contribution in [3.05, 3.63) is 41.9 Å².